The largest absolute Gasteiger partial charge is 0.347 e. The molecule has 0 bridgehead atoms. The topological polar surface area (TPSA) is 75.6 Å². The first kappa shape index (κ1) is 13.9. The summed E-state index contributed by atoms with van der Waals surface area (Å²) in [5.74, 6) is 0.618. The minimum Gasteiger partial charge on any atom is -0.347 e. The van der Waals surface area contributed by atoms with Crippen LogP contribution in [0.25, 0.3) is 0 Å². The molecule has 2 aromatic heterocycles. The molecule has 0 aliphatic carbocycles. The maximum atomic E-state index is 12.9. The van der Waals surface area contributed by atoms with Crippen molar-refractivity contribution >= 4 is 17.5 Å². The van der Waals surface area contributed by atoms with Crippen LogP contribution < -0.4 is 10.6 Å². The summed E-state index contributed by atoms with van der Waals surface area (Å²) in [6.45, 7) is 0.503. The highest BCUT2D eigenvalue weighted by atomic mass is 19.1. The van der Waals surface area contributed by atoms with Gasteiger partial charge in [-0.05, 0) is 36.4 Å². The summed E-state index contributed by atoms with van der Waals surface area (Å²) >= 11 is 0. The van der Waals surface area contributed by atoms with Crippen LogP contribution in [0.1, 0.15) is 5.69 Å². The molecule has 0 saturated heterocycles. The predicted molar refractivity (Wildman–Crippen MR) is 81.1 cm³/mol. The summed E-state index contributed by atoms with van der Waals surface area (Å²) in [6, 6.07) is 11.7. The van der Waals surface area contributed by atoms with Crippen molar-refractivity contribution in [3.8, 4) is 0 Å². The fourth-order valence-electron chi connectivity index (χ4n) is 1.79. The average Bonchev–Trinajstić information content (AvgIpc) is 2.57. The predicted octanol–water partition coefficient (Wildman–Crippen LogP) is 2.76. The van der Waals surface area contributed by atoms with Crippen molar-refractivity contribution in [3.63, 3.8) is 0 Å². The van der Waals surface area contributed by atoms with Crippen molar-refractivity contribution in [2.45, 2.75) is 6.54 Å². The van der Waals surface area contributed by atoms with Crippen LogP contribution in [0.2, 0.25) is 0 Å². The molecule has 7 heteroatoms. The molecule has 0 aliphatic heterocycles. The zero-order chi connectivity index (χ0) is 15.2. The maximum absolute atomic E-state index is 12.9. The number of benzene rings is 1. The van der Waals surface area contributed by atoms with E-state index in [1.165, 1.54) is 18.3 Å². The standard InChI is InChI=1S/C15H13FN6/c16-11-4-6-12(7-5-11)20-14-10-19-22-15(21-14)18-9-13-3-1-2-8-17-13/h1-8,10H,9H2,(H2,18,20,21,22). The van der Waals surface area contributed by atoms with Crippen LogP contribution in [0.3, 0.4) is 0 Å². The van der Waals surface area contributed by atoms with E-state index in [0.29, 0.717) is 18.3 Å². The Hall–Kier alpha value is -3.09. The molecular weight excluding hydrogens is 283 g/mol. The van der Waals surface area contributed by atoms with Crippen LogP contribution in [0.5, 0.6) is 0 Å². The molecular formula is C15H13FN6. The molecule has 0 atom stereocenters. The summed E-state index contributed by atoms with van der Waals surface area (Å²) in [7, 11) is 0. The molecule has 0 amide bonds. The second-order valence-corrected chi connectivity index (χ2v) is 4.47. The van der Waals surface area contributed by atoms with Crippen LogP contribution in [-0.2, 0) is 6.54 Å². The number of nitrogens with zero attached hydrogens (tertiary/aromatic N) is 4. The number of pyridine rings is 1. The summed E-state index contributed by atoms with van der Waals surface area (Å²) in [6.07, 6.45) is 3.22. The van der Waals surface area contributed by atoms with Gasteiger partial charge in [0.1, 0.15) is 5.82 Å². The van der Waals surface area contributed by atoms with E-state index in [1.807, 2.05) is 18.2 Å². The molecule has 1 aromatic carbocycles. The normalized spacial score (nSPS) is 10.2. The van der Waals surface area contributed by atoms with Gasteiger partial charge < -0.3 is 10.6 Å². The van der Waals surface area contributed by atoms with Crippen molar-refractivity contribution in [1.82, 2.24) is 20.2 Å². The molecule has 22 heavy (non-hydrogen) atoms. The lowest BCUT2D eigenvalue weighted by atomic mass is 10.3. The Morgan fingerprint density at radius 2 is 1.91 bits per heavy atom. The number of nitrogens with one attached hydrogen (secondary N) is 2. The molecule has 0 radical (unpaired) electrons. The smallest absolute Gasteiger partial charge is 0.245 e. The summed E-state index contributed by atoms with van der Waals surface area (Å²) in [4.78, 5) is 8.49. The van der Waals surface area contributed by atoms with Crippen LogP contribution in [0, 0.1) is 5.82 Å². The molecule has 0 saturated carbocycles. The molecule has 0 fully saturated rings. The number of halogens is 1. The molecule has 0 spiro atoms. The minimum absolute atomic E-state index is 0.288. The van der Waals surface area contributed by atoms with Crippen molar-refractivity contribution in [3.05, 3.63) is 66.4 Å². The molecule has 0 unspecified atom stereocenters. The lowest BCUT2D eigenvalue weighted by Crippen LogP contribution is -2.07. The molecule has 6 nitrogen and oxygen atoms in total. The van der Waals surface area contributed by atoms with Crippen LogP contribution in [0.15, 0.2) is 54.9 Å². The van der Waals surface area contributed by atoms with E-state index in [2.05, 4.69) is 30.8 Å². The molecule has 110 valence electrons. The second kappa shape index (κ2) is 6.57. The highest BCUT2D eigenvalue weighted by Crippen LogP contribution is 2.14. The summed E-state index contributed by atoms with van der Waals surface area (Å²) in [5.41, 5.74) is 1.60. The van der Waals surface area contributed by atoms with E-state index in [-0.39, 0.29) is 5.82 Å². The van der Waals surface area contributed by atoms with Gasteiger partial charge in [-0.3, -0.25) is 4.98 Å². The maximum Gasteiger partial charge on any atom is 0.245 e. The zero-order valence-electron chi connectivity index (χ0n) is 11.6. The van der Waals surface area contributed by atoms with Gasteiger partial charge in [-0.25, -0.2) is 4.39 Å². The van der Waals surface area contributed by atoms with Gasteiger partial charge in [0, 0.05) is 11.9 Å². The molecule has 2 N–H and O–H groups in total. The fraction of sp³-hybridized carbons (Fsp3) is 0.0667. The first-order valence-corrected chi connectivity index (χ1v) is 6.66. The third-order valence-electron chi connectivity index (χ3n) is 2.83. The number of hydrogen-bond acceptors (Lipinski definition) is 6. The van der Waals surface area contributed by atoms with Crippen molar-refractivity contribution < 1.29 is 4.39 Å². The van der Waals surface area contributed by atoms with Crippen LogP contribution in [0.4, 0.5) is 21.8 Å². The Bertz CT molecular complexity index is 733. The third kappa shape index (κ3) is 3.72. The first-order valence-electron chi connectivity index (χ1n) is 6.66. The van der Waals surface area contributed by atoms with Crippen molar-refractivity contribution in [1.29, 1.82) is 0 Å². The Kier molecular flexibility index (Phi) is 4.15. The average molecular weight is 296 g/mol. The van der Waals surface area contributed by atoms with Crippen molar-refractivity contribution in [2.75, 3.05) is 10.6 Å². The zero-order valence-corrected chi connectivity index (χ0v) is 11.6. The monoisotopic (exact) mass is 296 g/mol. The quantitative estimate of drug-likeness (QED) is 0.754. The van der Waals surface area contributed by atoms with Gasteiger partial charge in [0.05, 0.1) is 18.4 Å². The third-order valence-corrected chi connectivity index (χ3v) is 2.83. The highest BCUT2D eigenvalue weighted by molar-refractivity contribution is 5.55. The van der Waals surface area contributed by atoms with Crippen LogP contribution in [-0.4, -0.2) is 20.2 Å². The molecule has 0 aliphatic rings. The number of rotatable bonds is 5. The van der Waals surface area contributed by atoms with E-state index in [0.717, 1.165) is 11.4 Å². The van der Waals surface area contributed by atoms with E-state index < -0.39 is 0 Å². The minimum atomic E-state index is -0.288. The SMILES string of the molecule is Fc1ccc(Nc2cnnc(NCc3ccccn3)n2)cc1. The van der Waals surface area contributed by atoms with Gasteiger partial charge in [0.15, 0.2) is 5.82 Å². The number of anilines is 3. The van der Waals surface area contributed by atoms with E-state index in [1.54, 1.807) is 18.3 Å². The number of aromatic nitrogens is 4. The number of hydrogen-bond donors (Lipinski definition) is 2. The van der Waals surface area contributed by atoms with Gasteiger partial charge in [0.2, 0.25) is 5.95 Å². The highest BCUT2D eigenvalue weighted by Gasteiger charge is 2.02. The van der Waals surface area contributed by atoms with E-state index in [4.69, 9.17) is 0 Å². The van der Waals surface area contributed by atoms with Gasteiger partial charge in [-0.1, -0.05) is 6.07 Å². The van der Waals surface area contributed by atoms with Crippen molar-refractivity contribution in [2.24, 2.45) is 0 Å². The van der Waals surface area contributed by atoms with E-state index >= 15 is 0 Å². The summed E-state index contributed by atoms with van der Waals surface area (Å²) in [5, 5.41) is 13.9. The van der Waals surface area contributed by atoms with Gasteiger partial charge >= 0.3 is 0 Å². The lowest BCUT2D eigenvalue weighted by Gasteiger charge is -2.07. The summed E-state index contributed by atoms with van der Waals surface area (Å²) < 4.78 is 12.9. The van der Waals surface area contributed by atoms with Gasteiger partial charge in [-0.2, -0.15) is 10.1 Å². The second-order valence-electron chi connectivity index (χ2n) is 4.47. The molecule has 3 rings (SSSR count). The Balaban J connectivity index is 1.66. The first-order chi connectivity index (χ1) is 10.8. The Morgan fingerprint density at radius 3 is 2.68 bits per heavy atom. The Labute approximate surface area is 126 Å². The van der Waals surface area contributed by atoms with Gasteiger partial charge in [-0.15, -0.1) is 5.10 Å². The van der Waals surface area contributed by atoms with E-state index in [9.17, 15) is 4.39 Å². The fourth-order valence-corrected chi connectivity index (χ4v) is 1.79. The van der Waals surface area contributed by atoms with Crippen LogP contribution >= 0.6 is 0 Å². The molecule has 2 heterocycles. The van der Waals surface area contributed by atoms with Gasteiger partial charge in [0.25, 0.3) is 0 Å². The lowest BCUT2D eigenvalue weighted by molar-refractivity contribution is 0.628. The Morgan fingerprint density at radius 1 is 1.05 bits per heavy atom. The molecule has 3 aromatic rings.